The molecule has 1 saturated heterocycles. The van der Waals surface area contributed by atoms with E-state index in [2.05, 4.69) is 51.6 Å². The van der Waals surface area contributed by atoms with Crippen molar-refractivity contribution in [2.45, 2.75) is 18.8 Å². The van der Waals surface area contributed by atoms with Crippen molar-refractivity contribution in [3.8, 4) is 0 Å². The predicted molar refractivity (Wildman–Crippen MR) is 99.8 cm³/mol. The molecule has 0 radical (unpaired) electrons. The molecule has 0 unspecified atom stereocenters. The Balaban J connectivity index is 1.90. The lowest BCUT2D eigenvalue weighted by molar-refractivity contribution is 0.339. The lowest BCUT2D eigenvalue weighted by Crippen LogP contribution is -2.31. The van der Waals surface area contributed by atoms with Crippen LogP contribution in [0, 0.1) is 5.92 Å². The van der Waals surface area contributed by atoms with Gasteiger partial charge < -0.3 is 5.32 Å². The fourth-order valence-electron chi connectivity index (χ4n) is 3.81. The molecule has 0 bridgehead atoms. The van der Waals surface area contributed by atoms with Gasteiger partial charge in [-0.1, -0.05) is 29.8 Å². The Morgan fingerprint density at radius 2 is 1.87 bits per heavy atom. The zero-order valence-electron chi connectivity index (χ0n) is 12.7. The van der Waals surface area contributed by atoms with Crippen LogP contribution in [-0.4, -0.2) is 18.1 Å². The van der Waals surface area contributed by atoms with Gasteiger partial charge in [-0.2, -0.15) is 0 Å². The van der Waals surface area contributed by atoms with Crippen molar-refractivity contribution in [3.05, 3.63) is 62.3 Å². The molecule has 1 N–H and O–H groups in total. The number of nitrogens with zero attached hydrogens (tertiary/aromatic N) is 1. The van der Waals surface area contributed by atoms with Crippen LogP contribution < -0.4 is 5.32 Å². The summed E-state index contributed by atoms with van der Waals surface area (Å²) in [6.07, 6.45) is 8.63. The van der Waals surface area contributed by atoms with Gasteiger partial charge in [0.05, 0.1) is 5.69 Å². The minimum absolute atomic E-state index is 0.336. The van der Waals surface area contributed by atoms with E-state index in [0.29, 0.717) is 11.8 Å². The zero-order valence-corrected chi connectivity index (χ0v) is 15.1. The molecule has 0 amide bonds. The molecule has 1 aliphatic carbocycles. The van der Waals surface area contributed by atoms with Crippen molar-refractivity contribution in [1.29, 1.82) is 0 Å². The summed E-state index contributed by atoms with van der Waals surface area (Å²) < 4.78 is 1.02. The molecule has 2 aliphatic rings. The molecule has 1 aromatic carbocycles. The monoisotopic (exact) mass is 388 g/mol. The SMILES string of the molecule is Clc1ccc2c(c1)C=Cc1cc(Br)cnc1[C@@H]2C1CCNCC1. The summed E-state index contributed by atoms with van der Waals surface area (Å²) in [5.41, 5.74) is 4.97. The number of hydrogen-bond acceptors (Lipinski definition) is 2. The van der Waals surface area contributed by atoms with Gasteiger partial charge in [0.15, 0.2) is 0 Å². The summed E-state index contributed by atoms with van der Waals surface area (Å²) >= 11 is 9.78. The quantitative estimate of drug-likeness (QED) is 0.733. The maximum absolute atomic E-state index is 6.23. The van der Waals surface area contributed by atoms with E-state index in [1.807, 2.05) is 12.3 Å². The number of hydrogen-bond donors (Lipinski definition) is 1. The largest absolute Gasteiger partial charge is 0.317 e. The van der Waals surface area contributed by atoms with E-state index in [1.165, 1.54) is 35.2 Å². The minimum atomic E-state index is 0.336. The van der Waals surface area contributed by atoms with Gasteiger partial charge in [-0.05, 0) is 82.7 Å². The summed E-state index contributed by atoms with van der Waals surface area (Å²) in [5.74, 6) is 0.950. The molecule has 4 heteroatoms. The van der Waals surface area contributed by atoms with E-state index < -0.39 is 0 Å². The fourth-order valence-corrected chi connectivity index (χ4v) is 4.34. The molecule has 4 rings (SSSR count). The Hall–Kier alpha value is -1.16. The second-order valence-corrected chi connectivity index (χ2v) is 7.65. The van der Waals surface area contributed by atoms with E-state index in [1.54, 1.807) is 0 Å². The van der Waals surface area contributed by atoms with Crippen LogP contribution in [0.3, 0.4) is 0 Å². The van der Waals surface area contributed by atoms with Gasteiger partial charge in [0.1, 0.15) is 0 Å². The highest BCUT2D eigenvalue weighted by atomic mass is 79.9. The van der Waals surface area contributed by atoms with Crippen LogP contribution in [0.4, 0.5) is 0 Å². The Morgan fingerprint density at radius 1 is 1.09 bits per heavy atom. The molecule has 2 heterocycles. The van der Waals surface area contributed by atoms with Gasteiger partial charge in [0, 0.05) is 21.6 Å². The van der Waals surface area contributed by atoms with Crippen LogP contribution in [0.2, 0.25) is 5.02 Å². The smallest absolute Gasteiger partial charge is 0.0554 e. The Kier molecular flexibility index (Phi) is 4.27. The zero-order chi connectivity index (χ0) is 15.8. The molecule has 1 fully saturated rings. The highest BCUT2D eigenvalue weighted by Gasteiger charge is 2.31. The van der Waals surface area contributed by atoms with Crippen molar-refractivity contribution in [2.75, 3.05) is 13.1 Å². The number of halogens is 2. The van der Waals surface area contributed by atoms with Crippen LogP contribution in [0.5, 0.6) is 0 Å². The maximum atomic E-state index is 6.23. The van der Waals surface area contributed by atoms with Crippen LogP contribution in [0.1, 0.15) is 41.1 Å². The van der Waals surface area contributed by atoms with Crippen LogP contribution in [0.15, 0.2) is 34.9 Å². The number of piperidine rings is 1. The minimum Gasteiger partial charge on any atom is -0.317 e. The van der Waals surface area contributed by atoms with Crippen molar-refractivity contribution in [3.63, 3.8) is 0 Å². The first-order valence-electron chi connectivity index (χ1n) is 8.06. The first kappa shape index (κ1) is 15.4. The van der Waals surface area contributed by atoms with Gasteiger partial charge in [-0.25, -0.2) is 0 Å². The number of benzene rings is 1. The van der Waals surface area contributed by atoms with Gasteiger partial charge >= 0.3 is 0 Å². The average Bonchev–Trinajstić information content (AvgIpc) is 2.72. The molecular formula is C19H18BrClN2. The second kappa shape index (κ2) is 6.39. The van der Waals surface area contributed by atoms with Gasteiger partial charge in [-0.15, -0.1) is 0 Å². The highest BCUT2D eigenvalue weighted by Crippen LogP contribution is 2.42. The highest BCUT2D eigenvalue weighted by molar-refractivity contribution is 9.10. The summed E-state index contributed by atoms with van der Waals surface area (Å²) in [6.45, 7) is 2.17. The molecule has 1 atom stereocenters. The molecule has 2 aromatic rings. The van der Waals surface area contributed by atoms with Gasteiger partial charge in [0.25, 0.3) is 0 Å². The lowest BCUT2D eigenvalue weighted by Gasteiger charge is -2.32. The van der Waals surface area contributed by atoms with Crippen LogP contribution in [0.25, 0.3) is 12.2 Å². The molecular weight excluding hydrogens is 372 g/mol. The third-order valence-corrected chi connectivity index (χ3v) is 5.56. The summed E-state index contributed by atoms with van der Waals surface area (Å²) in [6, 6.07) is 8.43. The molecule has 118 valence electrons. The van der Waals surface area contributed by atoms with Crippen molar-refractivity contribution >= 4 is 39.7 Å². The molecule has 23 heavy (non-hydrogen) atoms. The van der Waals surface area contributed by atoms with Crippen LogP contribution in [-0.2, 0) is 0 Å². The number of pyridine rings is 1. The molecule has 0 spiro atoms. The Morgan fingerprint density at radius 3 is 2.70 bits per heavy atom. The number of fused-ring (bicyclic) bond motifs is 2. The summed E-state index contributed by atoms with van der Waals surface area (Å²) in [4.78, 5) is 4.81. The van der Waals surface area contributed by atoms with Gasteiger partial charge in [0.2, 0.25) is 0 Å². The maximum Gasteiger partial charge on any atom is 0.0554 e. The Bertz CT molecular complexity index is 710. The van der Waals surface area contributed by atoms with E-state index >= 15 is 0 Å². The Labute approximate surface area is 150 Å². The molecule has 1 aliphatic heterocycles. The predicted octanol–water partition coefficient (Wildman–Crippen LogP) is 5.11. The van der Waals surface area contributed by atoms with Gasteiger partial charge in [-0.3, -0.25) is 4.98 Å². The first-order valence-corrected chi connectivity index (χ1v) is 9.23. The van der Waals surface area contributed by atoms with Crippen LogP contribution >= 0.6 is 27.5 Å². The molecule has 2 nitrogen and oxygen atoms in total. The number of rotatable bonds is 1. The van der Waals surface area contributed by atoms with E-state index in [-0.39, 0.29) is 0 Å². The second-order valence-electron chi connectivity index (χ2n) is 6.30. The van der Waals surface area contributed by atoms with Crippen molar-refractivity contribution < 1.29 is 0 Å². The van der Waals surface area contributed by atoms with Crippen molar-refractivity contribution in [1.82, 2.24) is 10.3 Å². The normalized spacial score (nSPS) is 20.7. The first-order chi connectivity index (χ1) is 11.2. The average molecular weight is 390 g/mol. The number of aromatic nitrogens is 1. The molecule has 1 aromatic heterocycles. The van der Waals surface area contributed by atoms with E-state index in [4.69, 9.17) is 16.6 Å². The third-order valence-electron chi connectivity index (χ3n) is 4.89. The van der Waals surface area contributed by atoms with E-state index in [0.717, 1.165) is 22.6 Å². The summed E-state index contributed by atoms with van der Waals surface area (Å²) in [5, 5.41) is 4.26. The lowest BCUT2D eigenvalue weighted by atomic mass is 9.76. The fraction of sp³-hybridized carbons (Fsp3) is 0.316. The van der Waals surface area contributed by atoms with Crippen molar-refractivity contribution in [2.24, 2.45) is 5.92 Å². The van der Waals surface area contributed by atoms with E-state index in [9.17, 15) is 0 Å². The third kappa shape index (κ3) is 2.98. The standard InChI is InChI=1S/C19H18BrClN2/c20-15-9-14-2-1-13-10-16(21)3-4-17(13)18(19(14)23-11-15)12-5-7-22-8-6-12/h1-4,9-12,18,22H,5-8H2/t18-/m1/s1. The summed E-state index contributed by atoms with van der Waals surface area (Å²) in [7, 11) is 0. The topological polar surface area (TPSA) is 24.9 Å². The number of nitrogens with one attached hydrogen (secondary N) is 1. The molecule has 0 saturated carbocycles.